The molecule has 9 nitrogen and oxygen atoms in total. The van der Waals surface area contributed by atoms with Gasteiger partial charge in [0, 0.05) is 16.8 Å². The number of aromatic nitrogens is 4. The van der Waals surface area contributed by atoms with E-state index < -0.39 is 23.4 Å². The molecule has 1 heterocycles. The molecule has 0 radical (unpaired) electrons. The number of amides is 2. The molecule has 0 saturated heterocycles. The number of benzene rings is 3. The number of anilines is 1. The Kier molecular flexibility index (Phi) is 7.52. The summed E-state index contributed by atoms with van der Waals surface area (Å²) in [6, 6.07) is 18.0. The van der Waals surface area contributed by atoms with Crippen molar-refractivity contribution in [1.29, 1.82) is 0 Å². The molecule has 3 aromatic carbocycles. The summed E-state index contributed by atoms with van der Waals surface area (Å²) in [6.07, 6.45) is 0. The van der Waals surface area contributed by atoms with Crippen molar-refractivity contribution in [3.8, 4) is 17.1 Å². The van der Waals surface area contributed by atoms with E-state index in [4.69, 9.17) is 0 Å². The minimum absolute atomic E-state index is 0.0390. The first kappa shape index (κ1) is 26.5. The monoisotopic (exact) mass is 516 g/mol. The second kappa shape index (κ2) is 10.8. The van der Waals surface area contributed by atoms with Gasteiger partial charge in [-0.05, 0) is 87.0 Å². The number of nitrogens with zero attached hydrogens (tertiary/aromatic N) is 5. The maximum absolute atomic E-state index is 13.9. The van der Waals surface area contributed by atoms with Crippen LogP contribution in [0.15, 0.2) is 72.8 Å². The lowest BCUT2D eigenvalue weighted by Gasteiger charge is -2.33. The fraction of sp³-hybridized carbons (Fsp3) is 0.250. The van der Waals surface area contributed by atoms with Gasteiger partial charge in [-0.25, -0.2) is 4.39 Å². The zero-order valence-corrected chi connectivity index (χ0v) is 21.6. The van der Waals surface area contributed by atoms with Crippen molar-refractivity contribution < 1.29 is 19.1 Å². The van der Waals surface area contributed by atoms with Crippen molar-refractivity contribution in [1.82, 2.24) is 25.5 Å². The Hall–Kier alpha value is -4.60. The van der Waals surface area contributed by atoms with Gasteiger partial charge in [0.15, 0.2) is 0 Å². The maximum Gasteiger partial charge on any atom is 0.251 e. The van der Waals surface area contributed by atoms with Crippen LogP contribution in [0.1, 0.15) is 37.9 Å². The van der Waals surface area contributed by atoms with Gasteiger partial charge in [-0.1, -0.05) is 29.8 Å². The molecule has 0 aliphatic carbocycles. The van der Waals surface area contributed by atoms with Gasteiger partial charge in [0.1, 0.15) is 24.2 Å². The van der Waals surface area contributed by atoms with Gasteiger partial charge in [0.25, 0.3) is 5.91 Å². The first-order chi connectivity index (χ1) is 18.0. The van der Waals surface area contributed by atoms with Gasteiger partial charge in [-0.2, -0.15) is 4.80 Å². The number of rotatable bonds is 7. The lowest BCUT2D eigenvalue weighted by atomic mass is 10.0. The van der Waals surface area contributed by atoms with E-state index in [1.54, 1.807) is 24.3 Å². The number of hydrogen-bond donors (Lipinski definition) is 2. The second-order valence-corrected chi connectivity index (χ2v) is 9.98. The van der Waals surface area contributed by atoms with Gasteiger partial charge in [0.2, 0.25) is 11.7 Å². The van der Waals surface area contributed by atoms with Gasteiger partial charge >= 0.3 is 0 Å². The molecule has 1 atom stereocenters. The Morgan fingerprint density at radius 1 is 1.00 bits per heavy atom. The van der Waals surface area contributed by atoms with Crippen molar-refractivity contribution in [2.45, 2.75) is 45.8 Å². The standard InChI is InChI=1S/C28H29FN6O3/c1-18-5-13-22(14-6-18)35(25(27(38)30-28(2,3)4)19-9-15-23(36)16-10-19)24(37)17-34-32-26(31-33-34)20-7-11-21(29)12-8-20/h5-16,25,36H,17H2,1-4H3,(H,30,38)/t25-/m1/s1. The molecule has 2 amide bonds. The molecule has 2 N–H and O–H groups in total. The van der Waals surface area contributed by atoms with Crippen LogP contribution in [0.5, 0.6) is 5.75 Å². The summed E-state index contributed by atoms with van der Waals surface area (Å²) < 4.78 is 13.3. The lowest BCUT2D eigenvalue weighted by molar-refractivity contribution is -0.128. The van der Waals surface area contributed by atoms with E-state index in [9.17, 15) is 19.1 Å². The molecule has 38 heavy (non-hydrogen) atoms. The average Bonchev–Trinajstić information content (AvgIpc) is 3.31. The topological polar surface area (TPSA) is 113 Å². The number of nitrogens with one attached hydrogen (secondary N) is 1. The Balaban J connectivity index is 1.73. The number of tetrazole rings is 1. The predicted octanol–water partition coefficient (Wildman–Crippen LogP) is 4.18. The maximum atomic E-state index is 13.9. The van der Waals surface area contributed by atoms with E-state index in [1.807, 2.05) is 39.8 Å². The first-order valence-electron chi connectivity index (χ1n) is 12.0. The van der Waals surface area contributed by atoms with Gasteiger partial charge in [-0.15, -0.1) is 10.2 Å². The smallest absolute Gasteiger partial charge is 0.251 e. The molecule has 1 aromatic heterocycles. The van der Waals surface area contributed by atoms with Crippen LogP contribution in [0.3, 0.4) is 0 Å². The van der Waals surface area contributed by atoms with Crippen LogP contribution in [-0.4, -0.2) is 42.7 Å². The van der Waals surface area contributed by atoms with Crippen LogP contribution in [0.2, 0.25) is 0 Å². The van der Waals surface area contributed by atoms with Gasteiger partial charge in [0.05, 0.1) is 0 Å². The second-order valence-electron chi connectivity index (χ2n) is 9.98. The number of halogens is 1. The number of aromatic hydroxyl groups is 1. The van der Waals surface area contributed by atoms with Crippen LogP contribution in [0.4, 0.5) is 10.1 Å². The molecular weight excluding hydrogens is 487 g/mol. The van der Waals surface area contributed by atoms with Crippen molar-refractivity contribution >= 4 is 17.5 Å². The van der Waals surface area contributed by atoms with Crippen molar-refractivity contribution in [3.63, 3.8) is 0 Å². The molecule has 196 valence electrons. The number of carbonyl (C=O) groups excluding carboxylic acids is 2. The number of aryl methyl sites for hydroxylation is 1. The highest BCUT2D eigenvalue weighted by Gasteiger charge is 2.35. The summed E-state index contributed by atoms with van der Waals surface area (Å²) in [5.74, 6) is -0.967. The Bertz CT molecular complexity index is 1410. The summed E-state index contributed by atoms with van der Waals surface area (Å²) >= 11 is 0. The van der Waals surface area contributed by atoms with Crippen molar-refractivity contribution in [2.24, 2.45) is 0 Å². The zero-order valence-electron chi connectivity index (χ0n) is 21.6. The van der Waals surface area contributed by atoms with Crippen LogP contribution in [0.25, 0.3) is 11.4 Å². The van der Waals surface area contributed by atoms with Crippen LogP contribution >= 0.6 is 0 Å². The third-order valence-corrected chi connectivity index (χ3v) is 5.63. The third-order valence-electron chi connectivity index (χ3n) is 5.63. The fourth-order valence-electron chi connectivity index (χ4n) is 3.88. The molecule has 0 spiro atoms. The van der Waals surface area contributed by atoms with E-state index in [1.165, 1.54) is 41.3 Å². The molecule has 0 fully saturated rings. The van der Waals surface area contributed by atoms with E-state index in [0.717, 1.165) is 10.4 Å². The molecular formula is C28H29FN6O3. The number of carbonyl (C=O) groups is 2. The van der Waals surface area contributed by atoms with Crippen molar-refractivity contribution in [2.75, 3.05) is 4.90 Å². The molecule has 0 aliphatic heterocycles. The minimum atomic E-state index is -1.05. The molecule has 0 bridgehead atoms. The highest BCUT2D eigenvalue weighted by atomic mass is 19.1. The molecule has 10 heteroatoms. The number of hydrogen-bond acceptors (Lipinski definition) is 6. The zero-order chi connectivity index (χ0) is 27.4. The Morgan fingerprint density at radius 2 is 1.63 bits per heavy atom. The molecule has 4 aromatic rings. The number of phenolic OH excluding ortho intramolecular Hbond substituents is 1. The summed E-state index contributed by atoms with van der Waals surface area (Å²) in [6.45, 7) is 7.18. The fourth-order valence-corrected chi connectivity index (χ4v) is 3.88. The van der Waals surface area contributed by atoms with E-state index in [-0.39, 0.29) is 23.9 Å². The van der Waals surface area contributed by atoms with Crippen molar-refractivity contribution in [3.05, 3.63) is 89.7 Å². The summed E-state index contributed by atoms with van der Waals surface area (Å²) in [5, 5.41) is 25.1. The van der Waals surface area contributed by atoms with Crippen LogP contribution < -0.4 is 10.2 Å². The van der Waals surface area contributed by atoms with E-state index in [0.29, 0.717) is 16.8 Å². The lowest BCUT2D eigenvalue weighted by Crippen LogP contribution is -2.50. The van der Waals surface area contributed by atoms with Gasteiger partial charge < -0.3 is 10.4 Å². The quantitative estimate of drug-likeness (QED) is 0.381. The minimum Gasteiger partial charge on any atom is -0.508 e. The average molecular weight is 517 g/mol. The number of phenols is 1. The third kappa shape index (κ3) is 6.39. The molecule has 4 rings (SSSR count). The predicted molar refractivity (Wildman–Crippen MR) is 141 cm³/mol. The van der Waals surface area contributed by atoms with E-state index >= 15 is 0 Å². The Labute approximate surface area is 219 Å². The summed E-state index contributed by atoms with van der Waals surface area (Å²) in [4.78, 5) is 30.0. The highest BCUT2D eigenvalue weighted by Crippen LogP contribution is 2.30. The first-order valence-corrected chi connectivity index (χ1v) is 12.0. The van der Waals surface area contributed by atoms with Gasteiger partial charge in [-0.3, -0.25) is 14.5 Å². The SMILES string of the molecule is Cc1ccc(N(C(=O)Cn2nnc(-c3ccc(F)cc3)n2)[C@@H](C(=O)NC(C)(C)C)c2ccc(O)cc2)cc1. The Morgan fingerprint density at radius 3 is 2.24 bits per heavy atom. The largest absolute Gasteiger partial charge is 0.508 e. The summed E-state index contributed by atoms with van der Waals surface area (Å²) in [7, 11) is 0. The highest BCUT2D eigenvalue weighted by molar-refractivity contribution is 6.01. The molecule has 0 saturated carbocycles. The van der Waals surface area contributed by atoms with Crippen LogP contribution in [-0.2, 0) is 16.1 Å². The molecule has 0 aliphatic rings. The van der Waals surface area contributed by atoms with Crippen LogP contribution in [0, 0.1) is 12.7 Å². The van der Waals surface area contributed by atoms with E-state index in [2.05, 4.69) is 20.7 Å². The summed E-state index contributed by atoms with van der Waals surface area (Å²) in [5.41, 5.74) is 1.99. The molecule has 0 unspecified atom stereocenters. The normalized spacial score (nSPS) is 12.1.